The summed E-state index contributed by atoms with van der Waals surface area (Å²) in [7, 11) is 1.10. The van der Waals surface area contributed by atoms with Crippen molar-refractivity contribution in [2.45, 2.75) is 37.5 Å². The molecule has 2 aromatic rings. The maximum absolute atomic E-state index is 13.4. The van der Waals surface area contributed by atoms with Crippen LogP contribution in [0.4, 0.5) is 10.5 Å². The molecule has 2 aromatic carbocycles. The van der Waals surface area contributed by atoms with E-state index < -0.39 is 48.5 Å². The molecule has 1 unspecified atom stereocenters. The van der Waals surface area contributed by atoms with Crippen molar-refractivity contribution in [1.82, 2.24) is 16.0 Å². The van der Waals surface area contributed by atoms with Gasteiger partial charge in [0.05, 0.1) is 19.3 Å². The van der Waals surface area contributed by atoms with Gasteiger partial charge in [0, 0.05) is 30.5 Å². The van der Waals surface area contributed by atoms with Crippen molar-refractivity contribution in [1.29, 1.82) is 5.41 Å². The van der Waals surface area contributed by atoms with Crippen LogP contribution in [0.3, 0.4) is 0 Å². The number of rotatable bonds is 12. The Morgan fingerprint density at radius 1 is 1.13 bits per heavy atom. The summed E-state index contributed by atoms with van der Waals surface area (Å²) in [5.74, 6) is -2.71. The molecule has 1 aliphatic rings. The minimum absolute atomic E-state index is 0.150. The zero-order valence-electron chi connectivity index (χ0n) is 21.2. The Morgan fingerprint density at radius 2 is 1.90 bits per heavy atom. The quantitative estimate of drug-likeness (QED) is 0.151. The topological polar surface area (TPSA) is 234 Å². The van der Waals surface area contributed by atoms with Crippen molar-refractivity contribution in [2.75, 3.05) is 13.7 Å². The van der Waals surface area contributed by atoms with Crippen LogP contribution in [0.2, 0.25) is 0 Å². The minimum atomic E-state index is -1.79. The van der Waals surface area contributed by atoms with E-state index in [1.54, 1.807) is 42.5 Å². The molecule has 9 N–H and O–H groups in total. The Bertz CT molecular complexity index is 1310. The van der Waals surface area contributed by atoms with Gasteiger partial charge in [-0.05, 0) is 35.7 Å². The number of ether oxygens (including phenoxy) is 1. The predicted molar refractivity (Wildman–Crippen MR) is 139 cm³/mol. The molecule has 14 heteroatoms. The van der Waals surface area contributed by atoms with Crippen LogP contribution in [0.15, 0.2) is 52.7 Å². The highest BCUT2D eigenvalue weighted by atomic mass is 16.5. The van der Waals surface area contributed by atoms with Crippen molar-refractivity contribution in [3.8, 4) is 0 Å². The SMILES string of the molecule is COC(=O)N[C@](CCC(=O)O)(Cc1cccc(C(=N)N)c1)C(=O)NCC(=O)NCc1ccc2c(c1)C(N)N=N2. The number of carboxylic acid groups (broad SMARTS) is 1. The summed E-state index contributed by atoms with van der Waals surface area (Å²) in [5.41, 5.74) is 12.7. The minimum Gasteiger partial charge on any atom is -0.481 e. The van der Waals surface area contributed by atoms with E-state index in [0.29, 0.717) is 16.8 Å². The Kier molecular flexibility index (Phi) is 9.28. The van der Waals surface area contributed by atoms with Crippen LogP contribution in [0, 0.1) is 5.41 Å². The van der Waals surface area contributed by atoms with Gasteiger partial charge in [0.25, 0.3) is 0 Å². The monoisotopic (exact) mass is 538 g/mol. The molecule has 3 amide bonds. The van der Waals surface area contributed by atoms with E-state index in [9.17, 15) is 24.3 Å². The van der Waals surface area contributed by atoms with Gasteiger partial charge < -0.3 is 37.3 Å². The van der Waals surface area contributed by atoms with Crippen molar-refractivity contribution < 1.29 is 29.0 Å². The normalized spacial score (nSPS) is 15.0. The molecule has 39 heavy (non-hydrogen) atoms. The number of carboxylic acids is 1. The summed E-state index contributed by atoms with van der Waals surface area (Å²) in [6.45, 7) is -0.295. The summed E-state index contributed by atoms with van der Waals surface area (Å²) >= 11 is 0. The second kappa shape index (κ2) is 12.6. The van der Waals surface area contributed by atoms with E-state index in [4.69, 9.17) is 16.9 Å². The maximum Gasteiger partial charge on any atom is 0.407 e. The number of amidine groups is 1. The van der Waals surface area contributed by atoms with Crippen LogP contribution in [-0.4, -0.2) is 54.0 Å². The number of hydrogen-bond acceptors (Lipinski definition) is 9. The van der Waals surface area contributed by atoms with Gasteiger partial charge in [-0.15, -0.1) is 0 Å². The van der Waals surface area contributed by atoms with E-state index in [2.05, 4.69) is 30.9 Å². The molecule has 0 saturated heterocycles. The van der Waals surface area contributed by atoms with Crippen LogP contribution >= 0.6 is 0 Å². The number of methoxy groups -OCH3 is 1. The molecular formula is C25H30N8O6. The van der Waals surface area contributed by atoms with Gasteiger partial charge in [-0.2, -0.15) is 10.2 Å². The van der Waals surface area contributed by atoms with E-state index >= 15 is 0 Å². The summed E-state index contributed by atoms with van der Waals surface area (Å²) in [6.07, 6.45) is -2.45. The van der Waals surface area contributed by atoms with E-state index in [1.807, 2.05) is 0 Å². The third-order valence-electron chi connectivity index (χ3n) is 6.07. The molecule has 0 aliphatic carbocycles. The van der Waals surface area contributed by atoms with Crippen molar-refractivity contribution in [3.05, 3.63) is 64.7 Å². The van der Waals surface area contributed by atoms with E-state index in [1.165, 1.54) is 0 Å². The highest BCUT2D eigenvalue weighted by molar-refractivity contribution is 5.95. The standard InChI is InChI=1S/C25H30N8O6/c1-39-24(38)31-25(8-7-20(35)36,11-14-3-2-4-16(9-14)21(26)27)23(37)30-13-19(34)29-12-15-5-6-18-17(10-15)22(28)33-32-18/h2-6,9-10,22H,7-8,11-13,28H2,1H3,(H3,26,27)(H,29,34)(H,30,37)(H,31,38)(H,35,36)/t22?,25-/m1/s1. The Balaban J connectivity index is 1.74. The molecule has 1 heterocycles. The number of amides is 3. The van der Waals surface area contributed by atoms with Crippen molar-refractivity contribution in [3.63, 3.8) is 0 Å². The van der Waals surface area contributed by atoms with E-state index in [-0.39, 0.29) is 25.2 Å². The molecule has 0 aromatic heterocycles. The molecule has 0 fully saturated rings. The number of azo groups is 1. The fraction of sp³-hybridized carbons (Fsp3) is 0.320. The zero-order valence-corrected chi connectivity index (χ0v) is 21.2. The number of carbonyl (C=O) groups is 4. The maximum atomic E-state index is 13.4. The molecule has 1 aliphatic heterocycles. The van der Waals surface area contributed by atoms with Crippen molar-refractivity contribution in [2.24, 2.45) is 21.7 Å². The smallest absolute Gasteiger partial charge is 0.407 e. The highest BCUT2D eigenvalue weighted by Gasteiger charge is 2.41. The first-order valence-corrected chi connectivity index (χ1v) is 11.9. The van der Waals surface area contributed by atoms with Crippen molar-refractivity contribution >= 4 is 35.4 Å². The Labute approximate surface area is 223 Å². The van der Waals surface area contributed by atoms with Gasteiger partial charge in [0.2, 0.25) is 11.8 Å². The zero-order chi connectivity index (χ0) is 28.6. The number of benzene rings is 2. The summed E-state index contributed by atoms with van der Waals surface area (Å²) < 4.78 is 4.68. The number of nitrogens with two attached hydrogens (primary N) is 2. The number of nitrogens with zero attached hydrogens (tertiary/aromatic N) is 2. The molecule has 0 radical (unpaired) electrons. The fourth-order valence-electron chi connectivity index (χ4n) is 4.03. The van der Waals surface area contributed by atoms with E-state index in [0.717, 1.165) is 18.2 Å². The van der Waals surface area contributed by atoms with Gasteiger partial charge >= 0.3 is 12.1 Å². The lowest BCUT2D eigenvalue weighted by Gasteiger charge is -2.33. The average molecular weight is 539 g/mol. The summed E-state index contributed by atoms with van der Waals surface area (Å²) in [5, 5.41) is 32.4. The number of carbonyl (C=O) groups excluding carboxylic acids is 3. The molecule has 206 valence electrons. The molecule has 0 spiro atoms. The number of nitrogen functional groups attached to an aromatic ring is 1. The third kappa shape index (κ3) is 7.58. The summed E-state index contributed by atoms with van der Waals surface area (Å²) in [6, 6.07) is 11.7. The first-order chi connectivity index (χ1) is 18.5. The van der Waals surface area contributed by atoms with Crippen LogP contribution in [0.1, 0.15) is 41.3 Å². The lowest BCUT2D eigenvalue weighted by Crippen LogP contribution is -2.61. The largest absolute Gasteiger partial charge is 0.481 e. The van der Waals surface area contributed by atoms with Gasteiger partial charge in [0.15, 0.2) is 0 Å². The predicted octanol–water partition coefficient (Wildman–Crippen LogP) is 0.960. The second-order valence-electron chi connectivity index (χ2n) is 8.90. The first-order valence-electron chi connectivity index (χ1n) is 11.9. The number of fused-ring (bicyclic) bond motifs is 1. The Morgan fingerprint density at radius 3 is 2.59 bits per heavy atom. The third-order valence-corrected chi connectivity index (χ3v) is 6.07. The Hall–Kier alpha value is -4.85. The van der Waals surface area contributed by atoms with Gasteiger partial charge in [-0.25, -0.2) is 4.79 Å². The molecular weight excluding hydrogens is 508 g/mol. The van der Waals surface area contributed by atoms with Crippen LogP contribution in [-0.2, 0) is 32.1 Å². The molecule has 0 bridgehead atoms. The van der Waals surface area contributed by atoms with Crippen LogP contribution < -0.4 is 27.4 Å². The lowest BCUT2D eigenvalue weighted by atomic mass is 9.84. The van der Waals surface area contributed by atoms with Gasteiger partial charge in [-0.1, -0.05) is 24.3 Å². The first kappa shape index (κ1) is 28.7. The number of aliphatic carboxylic acids is 1. The fourth-order valence-corrected chi connectivity index (χ4v) is 4.03. The second-order valence-corrected chi connectivity index (χ2v) is 8.90. The molecule has 14 nitrogen and oxygen atoms in total. The van der Waals surface area contributed by atoms with Crippen LogP contribution in [0.5, 0.6) is 0 Å². The number of nitrogens with one attached hydrogen (secondary N) is 4. The lowest BCUT2D eigenvalue weighted by molar-refractivity contribution is -0.138. The summed E-state index contributed by atoms with van der Waals surface area (Å²) in [4.78, 5) is 49.6. The number of hydrogen-bond donors (Lipinski definition) is 7. The van der Waals surface area contributed by atoms with Gasteiger partial charge in [-0.3, -0.25) is 19.8 Å². The molecule has 2 atom stereocenters. The average Bonchev–Trinajstić information content (AvgIpc) is 3.28. The highest BCUT2D eigenvalue weighted by Crippen LogP contribution is 2.33. The molecule has 3 rings (SSSR count). The number of alkyl carbamates (subject to hydrolysis) is 1. The van der Waals surface area contributed by atoms with Crippen LogP contribution in [0.25, 0.3) is 0 Å². The molecule has 0 saturated carbocycles. The van der Waals surface area contributed by atoms with Gasteiger partial charge in [0.1, 0.15) is 17.5 Å².